The minimum absolute atomic E-state index is 0.215. The highest BCUT2D eigenvalue weighted by Crippen LogP contribution is 2.37. The van der Waals surface area contributed by atoms with Gasteiger partial charge in [-0.1, -0.05) is 136 Å². The van der Waals surface area contributed by atoms with E-state index in [9.17, 15) is 0 Å². The van der Waals surface area contributed by atoms with Gasteiger partial charge in [-0.2, -0.15) is 0 Å². The lowest BCUT2D eigenvalue weighted by atomic mass is 10.0. The first-order valence-electron chi connectivity index (χ1n) is 9.50. The molecule has 128 valence electrons. The summed E-state index contributed by atoms with van der Waals surface area (Å²) < 4.78 is 0.215. The molecule has 0 aromatic rings. The maximum absolute atomic E-state index is 3.89. The lowest BCUT2D eigenvalue weighted by Gasteiger charge is -2.20. The fourth-order valence-corrected chi connectivity index (χ4v) is 3.93. The molecule has 0 amide bonds. The molecule has 21 heavy (non-hydrogen) atoms. The van der Waals surface area contributed by atoms with E-state index in [1.165, 1.54) is 103 Å². The van der Waals surface area contributed by atoms with Gasteiger partial charge in [0.2, 0.25) is 0 Å². The molecule has 0 aromatic heterocycles. The summed E-state index contributed by atoms with van der Waals surface area (Å²) in [5.74, 6) is 0. The van der Waals surface area contributed by atoms with Crippen molar-refractivity contribution in [2.24, 2.45) is 0 Å². The van der Waals surface area contributed by atoms with Crippen molar-refractivity contribution in [2.75, 3.05) is 0 Å². The average Bonchev–Trinajstić information content (AvgIpc) is 2.45. The minimum Gasteiger partial charge on any atom is -0.0727 e. The van der Waals surface area contributed by atoms with Gasteiger partial charge in [0.25, 0.3) is 0 Å². The van der Waals surface area contributed by atoms with Crippen LogP contribution in [0.2, 0.25) is 0 Å². The molecule has 0 spiro atoms. The fraction of sp³-hybridized carbons (Fsp3) is 1.00. The van der Waals surface area contributed by atoms with E-state index in [1.54, 1.807) is 0 Å². The zero-order valence-electron chi connectivity index (χ0n) is 14.6. The molecule has 0 aliphatic carbocycles. The van der Waals surface area contributed by atoms with Gasteiger partial charge in [0.05, 0.1) is 3.23 Å². The van der Waals surface area contributed by atoms with Crippen LogP contribution < -0.4 is 0 Å². The van der Waals surface area contributed by atoms with E-state index >= 15 is 0 Å². The Morgan fingerprint density at radius 2 is 0.762 bits per heavy atom. The molecule has 0 N–H and O–H groups in total. The van der Waals surface area contributed by atoms with Gasteiger partial charge in [0.15, 0.2) is 0 Å². The molecule has 0 fully saturated rings. The number of alkyl halides is 2. The smallest absolute Gasteiger partial charge is 0.0727 e. The van der Waals surface area contributed by atoms with E-state index in [0.717, 1.165) is 0 Å². The Hall–Kier alpha value is 0.960. The number of halogens is 2. The molecule has 2 heteroatoms. The minimum atomic E-state index is 0.215. The van der Waals surface area contributed by atoms with Crippen LogP contribution in [0, 0.1) is 0 Å². The van der Waals surface area contributed by atoms with Gasteiger partial charge in [-0.15, -0.1) is 0 Å². The van der Waals surface area contributed by atoms with Crippen LogP contribution in [0.4, 0.5) is 0 Å². The van der Waals surface area contributed by atoms with Crippen molar-refractivity contribution in [3.8, 4) is 0 Å². The molecule has 0 aliphatic heterocycles. The van der Waals surface area contributed by atoms with Gasteiger partial charge in [-0.05, 0) is 12.8 Å². The van der Waals surface area contributed by atoms with Crippen molar-refractivity contribution in [2.45, 2.75) is 120 Å². The molecule has 0 rings (SSSR count). The number of hydrogen-bond donors (Lipinski definition) is 0. The van der Waals surface area contributed by atoms with Gasteiger partial charge in [-0.3, -0.25) is 0 Å². The van der Waals surface area contributed by atoms with E-state index in [4.69, 9.17) is 0 Å². The number of hydrogen-bond acceptors (Lipinski definition) is 0. The standard InChI is InChI=1S/C19H38Br2/c1-3-5-7-9-11-13-15-17-19(20,21)18-16-14-12-10-8-6-4-2/h3-18H2,1-2H3. The second-order valence-electron chi connectivity index (χ2n) is 6.60. The Morgan fingerprint density at radius 1 is 0.476 bits per heavy atom. The quantitative estimate of drug-likeness (QED) is 0.171. The molecule has 0 saturated carbocycles. The van der Waals surface area contributed by atoms with Crippen LogP contribution in [-0.2, 0) is 0 Å². The number of unbranched alkanes of at least 4 members (excludes halogenated alkanes) is 12. The molecular weight excluding hydrogens is 388 g/mol. The second kappa shape index (κ2) is 15.8. The summed E-state index contributed by atoms with van der Waals surface area (Å²) in [5.41, 5.74) is 0. The van der Waals surface area contributed by atoms with Crippen molar-refractivity contribution in [1.29, 1.82) is 0 Å². The van der Waals surface area contributed by atoms with Crippen LogP contribution in [0.25, 0.3) is 0 Å². The Labute approximate surface area is 151 Å². The normalized spacial score (nSPS) is 12.0. The van der Waals surface area contributed by atoms with Gasteiger partial charge in [-0.25, -0.2) is 0 Å². The van der Waals surface area contributed by atoms with Crippen molar-refractivity contribution in [3.63, 3.8) is 0 Å². The molecule has 0 heterocycles. The first-order chi connectivity index (χ1) is 10.1. The number of rotatable bonds is 16. The second-order valence-corrected chi connectivity index (χ2v) is 10.7. The highest BCUT2D eigenvalue weighted by Gasteiger charge is 2.20. The Morgan fingerprint density at radius 3 is 1.10 bits per heavy atom. The lowest BCUT2D eigenvalue weighted by Crippen LogP contribution is -2.10. The van der Waals surface area contributed by atoms with E-state index < -0.39 is 0 Å². The molecule has 0 unspecified atom stereocenters. The highest BCUT2D eigenvalue weighted by atomic mass is 79.9. The molecule has 0 atom stereocenters. The van der Waals surface area contributed by atoms with Crippen LogP contribution in [0.5, 0.6) is 0 Å². The van der Waals surface area contributed by atoms with E-state index in [-0.39, 0.29) is 3.23 Å². The summed E-state index contributed by atoms with van der Waals surface area (Å²) in [7, 11) is 0. The maximum atomic E-state index is 3.89. The topological polar surface area (TPSA) is 0 Å². The maximum Gasteiger partial charge on any atom is 0.0805 e. The molecular formula is C19H38Br2. The molecule has 0 nitrogen and oxygen atoms in total. The summed E-state index contributed by atoms with van der Waals surface area (Å²) in [5, 5.41) is 0. The SMILES string of the molecule is CCCCCCCCCC(Br)(Br)CCCCCCCCC. The lowest BCUT2D eigenvalue weighted by molar-refractivity contribution is 0.528. The van der Waals surface area contributed by atoms with E-state index in [2.05, 4.69) is 45.7 Å². The van der Waals surface area contributed by atoms with E-state index in [0.29, 0.717) is 0 Å². The third-order valence-electron chi connectivity index (χ3n) is 4.29. The third-order valence-corrected chi connectivity index (χ3v) is 5.88. The van der Waals surface area contributed by atoms with E-state index in [1.807, 2.05) is 0 Å². The zero-order chi connectivity index (χ0) is 15.8. The van der Waals surface area contributed by atoms with Crippen molar-refractivity contribution in [1.82, 2.24) is 0 Å². The summed E-state index contributed by atoms with van der Waals surface area (Å²) in [6.45, 7) is 4.57. The van der Waals surface area contributed by atoms with Crippen molar-refractivity contribution < 1.29 is 0 Å². The fourth-order valence-electron chi connectivity index (χ4n) is 2.81. The Bertz CT molecular complexity index is 182. The largest absolute Gasteiger partial charge is 0.0805 e. The predicted molar refractivity (Wildman–Crippen MR) is 106 cm³/mol. The van der Waals surface area contributed by atoms with Gasteiger partial charge < -0.3 is 0 Å². The molecule has 0 aliphatic rings. The Balaban J connectivity index is 3.35. The summed E-state index contributed by atoms with van der Waals surface area (Å²) in [4.78, 5) is 0. The summed E-state index contributed by atoms with van der Waals surface area (Å²) in [6.07, 6.45) is 22.2. The van der Waals surface area contributed by atoms with Crippen LogP contribution in [-0.4, -0.2) is 3.23 Å². The van der Waals surface area contributed by atoms with Crippen LogP contribution in [0.3, 0.4) is 0 Å². The summed E-state index contributed by atoms with van der Waals surface area (Å²) >= 11 is 7.77. The van der Waals surface area contributed by atoms with Crippen LogP contribution >= 0.6 is 31.9 Å². The molecule has 0 radical (unpaired) electrons. The third kappa shape index (κ3) is 17.2. The zero-order valence-corrected chi connectivity index (χ0v) is 17.7. The van der Waals surface area contributed by atoms with Crippen molar-refractivity contribution in [3.05, 3.63) is 0 Å². The van der Waals surface area contributed by atoms with Crippen LogP contribution in [0.15, 0.2) is 0 Å². The highest BCUT2D eigenvalue weighted by molar-refractivity contribution is 9.25. The van der Waals surface area contributed by atoms with Crippen molar-refractivity contribution >= 4 is 31.9 Å². The average molecular weight is 426 g/mol. The first-order valence-corrected chi connectivity index (χ1v) is 11.1. The molecule has 0 aromatic carbocycles. The molecule has 0 bridgehead atoms. The molecule has 0 saturated heterocycles. The van der Waals surface area contributed by atoms with Gasteiger partial charge >= 0.3 is 0 Å². The Kier molecular flexibility index (Phi) is 16.6. The summed E-state index contributed by atoms with van der Waals surface area (Å²) in [6, 6.07) is 0. The monoisotopic (exact) mass is 424 g/mol. The van der Waals surface area contributed by atoms with Gasteiger partial charge in [0.1, 0.15) is 0 Å². The van der Waals surface area contributed by atoms with Crippen LogP contribution in [0.1, 0.15) is 117 Å². The predicted octanol–water partition coefficient (Wildman–Crippen LogP) is 8.75. The van der Waals surface area contributed by atoms with Gasteiger partial charge in [0, 0.05) is 0 Å². The first kappa shape index (κ1) is 22.0.